The number of hydrogen-bond donors (Lipinski definition) is 0. The van der Waals surface area contributed by atoms with Crippen molar-refractivity contribution in [2.24, 2.45) is 12.0 Å². The summed E-state index contributed by atoms with van der Waals surface area (Å²) < 4.78 is 18.1. The van der Waals surface area contributed by atoms with Gasteiger partial charge in [0.05, 0.1) is 10.2 Å². The van der Waals surface area contributed by atoms with E-state index >= 15 is 0 Å². The minimum absolute atomic E-state index is 0.301. The summed E-state index contributed by atoms with van der Waals surface area (Å²) in [6, 6.07) is 4.84. The van der Waals surface area contributed by atoms with E-state index in [1.165, 1.54) is 17.4 Å². The van der Waals surface area contributed by atoms with E-state index in [9.17, 15) is 9.18 Å². The molecule has 0 radical (unpaired) electrons. The predicted molar refractivity (Wildman–Crippen MR) is 87.8 cm³/mol. The van der Waals surface area contributed by atoms with Crippen molar-refractivity contribution >= 4 is 27.5 Å². The number of thiazole rings is 1. The summed E-state index contributed by atoms with van der Waals surface area (Å²) in [5.41, 5.74) is 1.49. The van der Waals surface area contributed by atoms with Crippen LogP contribution in [0, 0.1) is 12.7 Å². The van der Waals surface area contributed by atoms with Crippen LogP contribution in [0.3, 0.4) is 0 Å². The van der Waals surface area contributed by atoms with Crippen molar-refractivity contribution in [1.82, 2.24) is 14.3 Å². The predicted octanol–water partition coefficient (Wildman–Crippen LogP) is 2.81. The second kappa shape index (κ2) is 5.92. The number of hydrogen-bond acceptors (Lipinski definition) is 3. The number of halogens is 1. The Kier molecular flexibility index (Phi) is 3.96. The molecule has 1 aromatic carbocycles. The number of nitrogens with zero attached hydrogens (tertiary/aromatic N) is 4. The van der Waals surface area contributed by atoms with E-state index in [2.05, 4.69) is 16.7 Å². The lowest BCUT2D eigenvalue weighted by Gasteiger charge is -2.01. The third kappa shape index (κ3) is 2.75. The summed E-state index contributed by atoms with van der Waals surface area (Å²) in [5.74, 6) is -0.781. The summed E-state index contributed by atoms with van der Waals surface area (Å²) >= 11 is 1.27. The Bertz CT molecular complexity index is 980. The third-order valence-corrected chi connectivity index (χ3v) is 4.42. The van der Waals surface area contributed by atoms with Crippen molar-refractivity contribution in [2.75, 3.05) is 0 Å². The van der Waals surface area contributed by atoms with E-state index in [4.69, 9.17) is 0 Å². The van der Waals surface area contributed by atoms with E-state index in [1.54, 1.807) is 47.6 Å². The molecule has 7 heteroatoms. The molecule has 1 amide bonds. The van der Waals surface area contributed by atoms with Crippen LogP contribution in [0.15, 0.2) is 42.0 Å². The first-order valence-electron chi connectivity index (χ1n) is 6.99. The zero-order valence-corrected chi connectivity index (χ0v) is 13.6. The molecule has 2 heterocycles. The van der Waals surface area contributed by atoms with E-state index in [-0.39, 0.29) is 5.82 Å². The first kappa shape index (κ1) is 15.4. The van der Waals surface area contributed by atoms with Crippen molar-refractivity contribution in [3.05, 3.63) is 58.9 Å². The average Bonchev–Trinajstić information content (AvgIpc) is 3.01. The highest BCUT2D eigenvalue weighted by Crippen LogP contribution is 2.20. The smallest absolute Gasteiger partial charge is 0.300 e. The molecule has 0 saturated carbocycles. The standard InChI is InChI=1S/C16H15FN4OS/c1-4-8-21-14-11(17)6-5-7-12(14)23-16(21)18-15(22)13-10(2)9-20(3)19-13/h4-7,9H,1,8H2,2-3H3. The van der Waals surface area contributed by atoms with Gasteiger partial charge in [-0.1, -0.05) is 23.5 Å². The van der Waals surface area contributed by atoms with Crippen molar-refractivity contribution in [3.8, 4) is 0 Å². The van der Waals surface area contributed by atoms with Crippen LogP contribution in [0.4, 0.5) is 4.39 Å². The molecule has 0 unspecified atom stereocenters. The number of aryl methyl sites for hydroxylation is 2. The van der Waals surface area contributed by atoms with Crippen LogP contribution < -0.4 is 4.80 Å². The first-order chi connectivity index (χ1) is 11.0. The van der Waals surface area contributed by atoms with Gasteiger partial charge in [0, 0.05) is 25.4 Å². The average molecular weight is 330 g/mol. The number of carbonyl (C=O) groups is 1. The van der Waals surface area contributed by atoms with Gasteiger partial charge < -0.3 is 4.57 Å². The minimum Gasteiger partial charge on any atom is -0.310 e. The molecule has 0 spiro atoms. The van der Waals surface area contributed by atoms with E-state index in [1.807, 2.05) is 0 Å². The number of aromatic nitrogens is 3. The van der Waals surface area contributed by atoms with Crippen molar-refractivity contribution in [3.63, 3.8) is 0 Å². The second-order valence-corrected chi connectivity index (χ2v) is 6.13. The highest BCUT2D eigenvalue weighted by molar-refractivity contribution is 7.16. The van der Waals surface area contributed by atoms with Crippen molar-refractivity contribution in [1.29, 1.82) is 0 Å². The molecular weight excluding hydrogens is 315 g/mol. The van der Waals surface area contributed by atoms with Gasteiger partial charge >= 0.3 is 0 Å². The highest BCUT2D eigenvalue weighted by Gasteiger charge is 2.15. The van der Waals surface area contributed by atoms with Gasteiger partial charge in [-0.15, -0.1) is 6.58 Å². The molecule has 0 atom stereocenters. The molecule has 0 N–H and O–H groups in total. The lowest BCUT2D eigenvalue weighted by Crippen LogP contribution is -2.17. The van der Waals surface area contributed by atoms with Crippen LogP contribution in [0.2, 0.25) is 0 Å². The summed E-state index contributed by atoms with van der Waals surface area (Å²) in [7, 11) is 1.75. The molecule has 0 aliphatic heterocycles. The topological polar surface area (TPSA) is 52.2 Å². The molecule has 5 nitrogen and oxygen atoms in total. The fraction of sp³-hybridized carbons (Fsp3) is 0.188. The van der Waals surface area contributed by atoms with Gasteiger partial charge in [0.15, 0.2) is 10.5 Å². The summed E-state index contributed by atoms with van der Waals surface area (Å²) in [4.78, 5) is 17.0. The summed E-state index contributed by atoms with van der Waals surface area (Å²) in [6.07, 6.45) is 3.40. The lowest BCUT2D eigenvalue weighted by molar-refractivity contribution is 0.0992. The Hall–Kier alpha value is -2.54. The molecule has 0 saturated heterocycles. The number of amides is 1. The largest absolute Gasteiger partial charge is 0.310 e. The summed E-state index contributed by atoms with van der Waals surface area (Å²) in [6.45, 7) is 5.86. The quantitative estimate of drug-likeness (QED) is 0.694. The van der Waals surface area contributed by atoms with Gasteiger partial charge in [-0.25, -0.2) is 4.39 Å². The monoisotopic (exact) mass is 330 g/mol. The van der Waals surface area contributed by atoms with Gasteiger partial charge in [-0.3, -0.25) is 9.48 Å². The maximum atomic E-state index is 14.1. The molecule has 2 aromatic heterocycles. The van der Waals surface area contributed by atoms with E-state index in [0.29, 0.717) is 22.6 Å². The van der Waals surface area contributed by atoms with Crippen LogP contribution in [0.5, 0.6) is 0 Å². The molecule has 23 heavy (non-hydrogen) atoms. The van der Waals surface area contributed by atoms with Crippen molar-refractivity contribution < 1.29 is 9.18 Å². The maximum absolute atomic E-state index is 14.1. The van der Waals surface area contributed by atoms with Crippen LogP contribution in [-0.2, 0) is 13.6 Å². The SMILES string of the molecule is C=CCn1c(=NC(=O)c2nn(C)cc2C)sc2cccc(F)c21. The highest BCUT2D eigenvalue weighted by atomic mass is 32.1. The number of rotatable bonds is 3. The Morgan fingerprint density at radius 2 is 2.30 bits per heavy atom. The van der Waals surface area contributed by atoms with Crippen LogP contribution in [0.25, 0.3) is 10.2 Å². The fourth-order valence-electron chi connectivity index (χ4n) is 2.43. The van der Waals surface area contributed by atoms with Gasteiger partial charge in [0.25, 0.3) is 5.91 Å². The van der Waals surface area contributed by atoms with E-state index in [0.717, 1.165) is 10.3 Å². The molecule has 0 fully saturated rings. The van der Waals surface area contributed by atoms with Crippen LogP contribution >= 0.6 is 11.3 Å². The molecular formula is C16H15FN4OS. The Morgan fingerprint density at radius 3 is 2.96 bits per heavy atom. The van der Waals surface area contributed by atoms with E-state index < -0.39 is 5.91 Å². The molecule has 0 aliphatic rings. The molecule has 0 aliphatic carbocycles. The molecule has 3 rings (SSSR count). The molecule has 3 aromatic rings. The molecule has 118 valence electrons. The first-order valence-corrected chi connectivity index (χ1v) is 7.81. The third-order valence-electron chi connectivity index (χ3n) is 3.38. The Labute approximate surface area is 136 Å². The van der Waals surface area contributed by atoms with Crippen LogP contribution in [-0.4, -0.2) is 20.3 Å². The van der Waals surface area contributed by atoms with Crippen molar-refractivity contribution in [2.45, 2.75) is 13.5 Å². The fourth-order valence-corrected chi connectivity index (χ4v) is 3.48. The van der Waals surface area contributed by atoms with Gasteiger partial charge in [-0.2, -0.15) is 10.1 Å². The normalized spacial score (nSPS) is 12.0. The molecule has 0 bridgehead atoms. The van der Waals surface area contributed by atoms with Gasteiger partial charge in [0.1, 0.15) is 5.82 Å². The summed E-state index contributed by atoms with van der Waals surface area (Å²) in [5, 5.41) is 4.13. The maximum Gasteiger partial charge on any atom is 0.300 e. The number of para-hydroxylation sites is 1. The number of benzene rings is 1. The van der Waals surface area contributed by atoms with Gasteiger partial charge in [-0.05, 0) is 19.1 Å². The van der Waals surface area contributed by atoms with Crippen LogP contribution in [0.1, 0.15) is 16.1 Å². The lowest BCUT2D eigenvalue weighted by atomic mass is 10.3. The number of carbonyl (C=O) groups excluding carboxylic acids is 1. The second-order valence-electron chi connectivity index (χ2n) is 5.12. The Morgan fingerprint density at radius 1 is 1.52 bits per heavy atom. The minimum atomic E-state index is -0.437. The van der Waals surface area contributed by atoms with Gasteiger partial charge in [0.2, 0.25) is 0 Å². The number of allylic oxidation sites excluding steroid dienone is 1. The number of fused-ring (bicyclic) bond motifs is 1. The Balaban J connectivity index is 2.20. The zero-order valence-electron chi connectivity index (χ0n) is 12.8. The zero-order chi connectivity index (χ0) is 16.6.